The molecule has 1 rings (SSSR count). The lowest BCUT2D eigenvalue weighted by atomic mass is 10.00. The maximum Gasteiger partial charge on any atom is 0.126 e. The minimum Gasteiger partial charge on any atom is -0.508 e. The van der Waals surface area contributed by atoms with Crippen LogP contribution >= 0.6 is 0 Å². The van der Waals surface area contributed by atoms with Gasteiger partial charge in [0.05, 0.1) is 18.8 Å². The summed E-state index contributed by atoms with van der Waals surface area (Å²) in [4.78, 5) is 0. The third kappa shape index (κ3) is 3.39. The molecule has 1 unspecified atom stereocenters. The summed E-state index contributed by atoms with van der Waals surface area (Å²) in [6, 6.07) is 3.43. The Hall–Kier alpha value is -1.17. The molecule has 0 aliphatic carbocycles. The monoisotopic (exact) mass is 243 g/mol. The van der Waals surface area contributed by atoms with Crippen molar-refractivity contribution >= 4 is 0 Å². The quantitative estimate of drug-likeness (QED) is 0.620. The summed E-state index contributed by atoms with van der Waals surface area (Å²) >= 11 is 0. The lowest BCUT2D eigenvalue weighted by Crippen LogP contribution is -2.49. The Kier molecular flexibility index (Phi) is 4.45. The zero-order valence-corrected chi connectivity index (χ0v) is 9.94. The van der Waals surface area contributed by atoms with Crippen LogP contribution in [0.15, 0.2) is 18.2 Å². The van der Waals surface area contributed by atoms with E-state index in [4.69, 9.17) is 10.2 Å². The predicted octanol–water partition coefficient (Wildman–Crippen LogP) is 0.925. The molecule has 4 N–H and O–H groups in total. The summed E-state index contributed by atoms with van der Waals surface area (Å²) in [5.41, 5.74) is -0.334. The normalized spacial score (nSPS) is 13.7. The number of nitrogens with one attached hydrogen (secondary N) is 1. The van der Waals surface area contributed by atoms with Crippen molar-refractivity contribution in [3.8, 4) is 5.75 Å². The molecule has 4 nitrogen and oxygen atoms in total. The first kappa shape index (κ1) is 13.9. The summed E-state index contributed by atoms with van der Waals surface area (Å²) in [5.74, 6) is -0.659. The molecule has 0 heterocycles. The van der Waals surface area contributed by atoms with Crippen LogP contribution in [0.1, 0.15) is 25.5 Å². The van der Waals surface area contributed by atoms with Crippen LogP contribution in [0.25, 0.3) is 0 Å². The average Bonchev–Trinajstić information content (AvgIpc) is 2.28. The molecule has 17 heavy (non-hydrogen) atoms. The van der Waals surface area contributed by atoms with E-state index in [0.29, 0.717) is 5.56 Å². The van der Waals surface area contributed by atoms with Crippen LogP contribution in [-0.4, -0.2) is 34.1 Å². The van der Waals surface area contributed by atoms with Gasteiger partial charge in [0.1, 0.15) is 11.6 Å². The van der Waals surface area contributed by atoms with Crippen molar-refractivity contribution < 1.29 is 19.7 Å². The van der Waals surface area contributed by atoms with Crippen molar-refractivity contribution in [1.82, 2.24) is 5.32 Å². The first-order valence-electron chi connectivity index (χ1n) is 5.39. The fourth-order valence-corrected chi connectivity index (χ4v) is 1.62. The van der Waals surface area contributed by atoms with Crippen molar-refractivity contribution in [2.24, 2.45) is 0 Å². The predicted molar refractivity (Wildman–Crippen MR) is 62.2 cm³/mol. The summed E-state index contributed by atoms with van der Waals surface area (Å²) in [5, 5.41) is 30.9. The van der Waals surface area contributed by atoms with E-state index in [2.05, 4.69) is 5.32 Å². The van der Waals surface area contributed by atoms with Crippen LogP contribution in [0, 0.1) is 5.82 Å². The number of phenolic OH excluding ortho intramolecular Hbond substituents is 1. The van der Waals surface area contributed by atoms with Crippen LogP contribution < -0.4 is 5.32 Å². The van der Waals surface area contributed by atoms with Gasteiger partial charge in [-0.1, -0.05) is 6.07 Å². The summed E-state index contributed by atoms with van der Waals surface area (Å²) < 4.78 is 12.8. The van der Waals surface area contributed by atoms with E-state index in [1.807, 2.05) is 0 Å². The molecule has 1 atom stereocenters. The Bertz CT molecular complexity index is 380. The molecule has 0 spiro atoms. The van der Waals surface area contributed by atoms with Gasteiger partial charge in [-0.15, -0.1) is 0 Å². The van der Waals surface area contributed by atoms with Crippen molar-refractivity contribution in [3.63, 3.8) is 0 Å². The van der Waals surface area contributed by atoms with E-state index in [9.17, 15) is 9.50 Å². The highest BCUT2D eigenvalue weighted by atomic mass is 19.1. The highest BCUT2D eigenvalue weighted by Crippen LogP contribution is 2.26. The van der Waals surface area contributed by atoms with Gasteiger partial charge in [-0.05, 0) is 19.9 Å². The fraction of sp³-hybridized carbons (Fsp3) is 0.500. The standard InChI is InChI=1S/C12H18FNO3/c1-8(14-12(2,6-15)7-16)10-4-3-9(13)5-11(10)17/h3-5,8,14-17H,6-7H2,1-2H3. The number of aromatic hydroxyl groups is 1. The van der Waals surface area contributed by atoms with Gasteiger partial charge in [0.15, 0.2) is 0 Å². The highest BCUT2D eigenvalue weighted by Gasteiger charge is 2.25. The van der Waals surface area contributed by atoms with Gasteiger partial charge in [0.25, 0.3) is 0 Å². The molecule has 5 heteroatoms. The minimum absolute atomic E-state index is 0.150. The zero-order chi connectivity index (χ0) is 13.1. The SMILES string of the molecule is CC(NC(C)(CO)CO)c1ccc(F)cc1O. The number of hydrogen-bond acceptors (Lipinski definition) is 4. The maximum absolute atomic E-state index is 12.8. The van der Waals surface area contributed by atoms with Gasteiger partial charge < -0.3 is 20.6 Å². The molecule has 0 aromatic heterocycles. The molecule has 0 aliphatic rings. The lowest BCUT2D eigenvalue weighted by Gasteiger charge is -2.30. The second kappa shape index (κ2) is 5.44. The largest absolute Gasteiger partial charge is 0.508 e. The van der Waals surface area contributed by atoms with Gasteiger partial charge in [-0.3, -0.25) is 0 Å². The number of halogens is 1. The van der Waals surface area contributed by atoms with Crippen LogP contribution in [0.4, 0.5) is 4.39 Å². The molecular weight excluding hydrogens is 225 g/mol. The second-order valence-electron chi connectivity index (χ2n) is 4.45. The maximum atomic E-state index is 12.8. The zero-order valence-electron chi connectivity index (χ0n) is 9.94. The molecule has 0 fully saturated rings. The molecule has 0 saturated heterocycles. The smallest absolute Gasteiger partial charge is 0.126 e. The third-order valence-electron chi connectivity index (χ3n) is 2.72. The van der Waals surface area contributed by atoms with E-state index in [-0.39, 0.29) is 25.0 Å². The molecular formula is C12H18FNO3. The fourth-order valence-electron chi connectivity index (χ4n) is 1.62. The first-order chi connectivity index (χ1) is 7.91. The lowest BCUT2D eigenvalue weighted by molar-refractivity contribution is 0.0954. The van der Waals surface area contributed by atoms with Crippen molar-refractivity contribution in [2.45, 2.75) is 25.4 Å². The summed E-state index contributed by atoms with van der Waals surface area (Å²) in [6.07, 6.45) is 0. The van der Waals surface area contributed by atoms with Gasteiger partial charge in [0, 0.05) is 17.7 Å². The van der Waals surface area contributed by atoms with Crippen LogP contribution in [0.3, 0.4) is 0 Å². The van der Waals surface area contributed by atoms with Gasteiger partial charge in [0.2, 0.25) is 0 Å². The Morgan fingerprint density at radius 1 is 1.35 bits per heavy atom. The second-order valence-corrected chi connectivity index (χ2v) is 4.45. The Morgan fingerprint density at radius 2 is 1.94 bits per heavy atom. The minimum atomic E-state index is -0.847. The molecule has 0 aliphatic heterocycles. The topological polar surface area (TPSA) is 72.7 Å². The van der Waals surface area contributed by atoms with Crippen molar-refractivity contribution in [1.29, 1.82) is 0 Å². The van der Waals surface area contributed by atoms with E-state index >= 15 is 0 Å². The van der Waals surface area contributed by atoms with Crippen molar-refractivity contribution in [2.75, 3.05) is 13.2 Å². The van der Waals surface area contributed by atoms with Gasteiger partial charge >= 0.3 is 0 Å². The summed E-state index contributed by atoms with van der Waals surface area (Å²) in [6.45, 7) is 2.94. The number of rotatable bonds is 5. The number of benzene rings is 1. The molecule has 0 saturated carbocycles. The average molecular weight is 243 g/mol. The molecule has 0 amide bonds. The molecule has 0 radical (unpaired) electrons. The molecule has 0 bridgehead atoms. The van der Waals surface area contributed by atoms with Crippen molar-refractivity contribution in [3.05, 3.63) is 29.6 Å². The number of hydrogen-bond donors (Lipinski definition) is 4. The third-order valence-corrected chi connectivity index (χ3v) is 2.72. The van der Waals surface area contributed by atoms with E-state index < -0.39 is 11.4 Å². The van der Waals surface area contributed by atoms with E-state index in [1.165, 1.54) is 12.1 Å². The van der Waals surface area contributed by atoms with Crippen LogP contribution in [0.5, 0.6) is 5.75 Å². The Labute approximate surface area is 99.7 Å². The van der Waals surface area contributed by atoms with Crippen LogP contribution in [0.2, 0.25) is 0 Å². The number of aliphatic hydroxyl groups is 2. The van der Waals surface area contributed by atoms with E-state index in [1.54, 1.807) is 13.8 Å². The highest BCUT2D eigenvalue weighted by molar-refractivity contribution is 5.35. The number of phenols is 1. The molecule has 1 aromatic rings. The van der Waals surface area contributed by atoms with Crippen LogP contribution in [-0.2, 0) is 0 Å². The van der Waals surface area contributed by atoms with Gasteiger partial charge in [-0.2, -0.15) is 0 Å². The Morgan fingerprint density at radius 3 is 2.41 bits per heavy atom. The van der Waals surface area contributed by atoms with E-state index in [0.717, 1.165) is 6.07 Å². The number of aliphatic hydroxyl groups excluding tert-OH is 2. The summed E-state index contributed by atoms with van der Waals surface area (Å²) in [7, 11) is 0. The van der Waals surface area contributed by atoms with Gasteiger partial charge in [-0.25, -0.2) is 4.39 Å². The molecule has 1 aromatic carbocycles. The Balaban J connectivity index is 2.86. The molecule has 96 valence electrons. The first-order valence-corrected chi connectivity index (χ1v) is 5.39.